The van der Waals surface area contributed by atoms with Gasteiger partial charge >= 0.3 is 5.97 Å². The molecule has 0 aliphatic heterocycles. The zero-order valence-electron chi connectivity index (χ0n) is 10.9. The molecule has 5 nitrogen and oxygen atoms in total. The maximum absolute atomic E-state index is 11.2. The first kappa shape index (κ1) is 12.2. The van der Waals surface area contributed by atoms with Crippen LogP contribution in [0.3, 0.4) is 0 Å². The molecule has 3 heterocycles. The first-order valence-corrected chi connectivity index (χ1v) is 7.32. The number of fused-ring (bicyclic) bond motifs is 2. The summed E-state index contributed by atoms with van der Waals surface area (Å²) in [4.78, 5) is 16.8. The molecular formula is C15H11N3O2S. The molecule has 0 saturated carbocycles. The fourth-order valence-corrected chi connectivity index (χ4v) is 3.29. The molecule has 4 aromatic rings. The van der Waals surface area contributed by atoms with Crippen LogP contribution in [0.15, 0.2) is 48.2 Å². The Hall–Kier alpha value is -2.60. The van der Waals surface area contributed by atoms with Gasteiger partial charge in [0.1, 0.15) is 0 Å². The number of aromatic carboxylic acids is 1. The number of thiazole rings is 1. The summed E-state index contributed by atoms with van der Waals surface area (Å²) in [6, 6.07) is 7.17. The number of nitrogens with zero attached hydrogens (tertiary/aromatic N) is 3. The van der Waals surface area contributed by atoms with Crippen molar-refractivity contribution in [3.8, 4) is 0 Å². The van der Waals surface area contributed by atoms with Crippen molar-refractivity contribution in [3.05, 3.63) is 59.5 Å². The second-order valence-corrected chi connectivity index (χ2v) is 5.69. The highest BCUT2D eigenvalue weighted by Crippen LogP contribution is 2.22. The topological polar surface area (TPSA) is 59.5 Å². The quantitative estimate of drug-likeness (QED) is 0.632. The van der Waals surface area contributed by atoms with E-state index in [1.807, 2.05) is 45.1 Å². The predicted molar refractivity (Wildman–Crippen MR) is 81.1 cm³/mol. The van der Waals surface area contributed by atoms with Crippen molar-refractivity contribution < 1.29 is 9.90 Å². The highest BCUT2D eigenvalue weighted by Gasteiger charge is 2.11. The minimum atomic E-state index is -0.902. The van der Waals surface area contributed by atoms with Crippen LogP contribution in [0.25, 0.3) is 15.9 Å². The van der Waals surface area contributed by atoms with Crippen molar-refractivity contribution in [1.82, 2.24) is 14.0 Å². The van der Waals surface area contributed by atoms with Gasteiger partial charge in [-0.05, 0) is 18.2 Å². The molecule has 0 spiro atoms. The maximum atomic E-state index is 11.2. The highest BCUT2D eigenvalue weighted by atomic mass is 32.1. The number of rotatable bonds is 3. The summed E-state index contributed by atoms with van der Waals surface area (Å²) in [5, 5.41) is 12.0. The zero-order chi connectivity index (χ0) is 14.4. The minimum Gasteiger partial charge on any atom is -0.478 e. The number of hydrogen-bond acceptors (Lipinski definition) is 3. The summed E-state index contributed by atoms with van der Waals surface area (Å²) in [7, 11) is 0. The summed E-state index contributed by atoms with van der Waals surface area (Å²) in [6.45, 7) is 0.626. The number of hydrogen-bond donors (Lipinski definition) is 1. The number of carboxylic acid groups (broad SMARTS) is 1. The van der Waals surface area contributed by atoms with Crippen molar-refractivity contribution in [2.75, 3.05) is 0 Å². The lowest BCUT2D eigenvalue weighted by Gasteiger charge is -2.03. The van der Waals surface area contributed by atoms with Gasteiger partial charge in [0.25, 0.3) is 0 Å². The molecule has 1 aromatic carbocycles. The molecule has 104 valence electrons. The van der Waals surface area contributed by atoms with Crippen molar-refractivity contribution in [2.45, 2.75) is 6.54 Å². The van der Waals surface area contributed by atoms with Crippen LogP contribution >= 0.6 is 11.3 Å². The Morgan fingerprint density at radius 1 is 1.29 bits per heavy atom. The monoisotopic (exact) mass is 297 g/mol. The molecule has 0 unspecified atom stereocenters. The Balaban J connectivity index is 1.78. The summed E-state index contributed by atoms with van der Waals surface area (Å²) in [5.41, 5.74) is 2.20. The molecule has 0 aliphatic carbocycles. The third-order valence-electron chi connectivity index (χ3n) is 3.52. The number of carboxylic acids is 1. The van der Waals surface area contributed by atoms with Gasteiger partial charge in [-0.1, -0.05) is 6.07 Å². The number of benzene rings is 1. The summed E-state index contributed by atoms with van der Waals surface area (Å²) in [6.07, 6.45) is 5.88. The summed E-state index contributed by atoms with van der Waals surface area (Å²) < 4.78 is 4.02. The molecule has 21 heavy (non-hydrogen) atoms. The molecule has 4 rings (SSSR count). The third kappa shape index (κ3) is 1.92. The van der Waals surface area contributed by atoms with E-state index >= 15 is 0 Å². The molecule has 1 N–H and O–H groups in total. The fraction of sp³-hybridized carbons (Fsp3) is 0.0667. The van der Waals surface area contributed by atoms with Crippen LogP contribution in [0.5, 0.6) is 0 Å². The average Bonchev–Trinajstić information content (AvgIpc) is 3.13. The third-order valence-corrected chi connectivity index (χ3v) is 4.29. The Bertz CT molecular complexity index is 935. The van der Waals surface area contributed by atoms with Crippen LogP contribution in [0.4, 0.5) is 0 Å². The van der Waals surface area contributed by atoms with Gasteiger partial charge in [-0.2, -0.15) is 0 Å². The van der Waals surface area contributed by atoms with Crippen LogP contribution in [-0.4, -0.2) is 25.0 Å². The molecule has 3 aromatic heterocycles. The van der Waals surface area contributed by atoms with Gasteiger partial charge in [0.2, 0.25) is 0 Å². The van der Waals surface area contributed by atoms with Crippen molar-refractivity contribution >= 4 is 33.2 Å². The van der Waals surface area contributed by atoms with Gasteiger partial charge in [0, 0.05) is 34.9 Å². The van der Waals surface area contributed by atoms with Crippen LogP contribution in [0.2, 0.25) is 0 Å². The van der Waals surface area contributed by atoms with Gasteiger partial charge in [0.05, 0.1) is 17.8 Å². The van der Waals surface area contributed by atoms with E-state index in [4.69, 9.17) is 0 Å². The second-order valence-electron chi connectivity index (χ2n) is 4.81. The lowest BCUT2D eigenvalue weighted by molar-refractivity contribution is 0.0699. The lowest BCUT2D eigenvalue weighted by atomic mass is 10.1. The van der Waals surface area contributed by atoms with Crippen LogP contribution < -0.4 is 0 Å². The molecule has 0 bridgehead atoms. The summed E-state index contributed by atoms with van der Waals surface area (Å²) in [5.74, 6) is -0.902. The van der Waals surface area contributed by atoms with E-state index in [1.165, 1.54) is 0 Å². The van der Waals surface area contributed by atoms with Crippen molar-refractivity contribution in [1.29, 1.82) is 0 Å². The molecule has 0 amide bonds. The minimum absolute atomic E-state index is 0.331. The van der Waals surface area contributed by atoms with Gasteiger partial charge in [-0.25, -0.2) is 9.78 Å². The highest BCUT2D eigenvalue weighted by molar-refractivity contribution is 7.15. The lowest BCUT2D eigenvalue weighted by Crippen LogP contribution is -2.00. The SMILES string of the molecule is O=C(O)c1cccc2c1ccn2Cc1cn2ccsc2n1. The standard InChI is InChI=1S/C15H11N3O2S/c19-14(20)12-2-1-3-13-11(12)4-5-17(13)8-10-9-18-6-7-21-15(18)16-10/h1-7,9H,8H2,(H,19,20). The van der Waals surface area contributed by atoms with Crippen LogP contribution in [0.1, 0.15) is 16.1 Å². The van der Waals surface area contributed by atoms with Crippen molar-refractivity contribution in [3.63, 3.8) is 0 Å². The average molecular weight is 297 g/mol. The maximum Gasteiger partial charge on any atom is 0.336 e. The van der Waals surface area contributed by atoms with Gasteiger partial charge in [0.15, 0.2) is 4.96 Å². The first-order valence-electron chi connectivity index (χ1n) is 6.44. The predicted octanol–water partition coefficient (Wildman–Crippen LogP) is 3.10. The van der Waals surface area contributed by atoms with Gasteiger partial charge in [-0.15, -0.1) is 11.3 Å². The Morgan fingerprint density at radius 3 is 3.00 bits per heavy atom. The van der Waals surface area contributed by atoms with Gasteiger partial charge < -0.3 is 9.67 Å². The Morgan fingerprint density at radius 2 is 2.19 bits per heavy atom. The zero-order valence-corrected chi connectivity index (χ0v) is 11.7. The molecule has 0 aliphatic rings. The van der Waals surface area contributed by atoms with E-state index in [1.54, 1.807) is 23.5 Å². The molecule has 0 saturated heterocycles. The number of aromatic nitrogens is 3. The summed E-state index contributed by atoms with van der Waals surface area (Å²) >= 11 is 1.60. The first-order chi connectivity index (χ1) is 10.2. The van der Waals surface area contributed by atoms with E-state index in [0.29, 0.717) is 12.1 Å². The van der Waals surface area contributed by atoms with E-state index < -0.39 is 5.97 Å². The molecular weight excluding hydrogens is 286 g/mol. The number of carbonyl (C=O) groups is 1. The molecule has 0 atom stereocenters. The molecule has 0 radical (unpaired) electrons. The van der Waals surface area contributed by atoms with Gasteiger partial charge in [-0.3, -0.25) is 4.40 Å². The van der Waals surface area contributed by atoms with E-state index in [9.17, 15) is 9.90 Å². The molecule has 6 heteroatoms. The Labute approximate surface area is 123 Å². The van der Waals surface area contributed by atoms with E-state index in [-0.39, 0.29) is 0 Å². The van der Waals surface area contributed by atoms with Crippen LogP contribution in [0, 0.1) is 0 Å². The molecule has 0 fully saturated rings. The Kier molecular flexibility index (Phi) is 2.58. The fourth-order valence-electron chi connectivity index (χ4n) is 2.57. The second kappa shape index (κ2) is 4.46. The number of imidazole rings is 1. The van der Waals surface area contributed by atoms with Crippen molar-refractivity contribution in [2.24, 2.45) is 0 Å². The van der Waals surface area contributed by atoms with E-state index in [0.717, 1.165) is 21.6 Å². The normalized spacial score (nSPS) is 11.4. The van der Waals surface area contributed by atoms with E-state index in [2.05, 4.69) is 4.98 Å². The van der Waals surface area contributed by atoms with Crippen LogP contribution in [-0.2, 0) is 6.54 Å². The largest absolute Gasteiger partial charge is 0.478 e. The smallest absolute Gasteiger partial charge is 0.336 e.